The fraction of sp³-hybridized carbons (Fsp3) is 0.556. The number of likely N-dealkylation sites (tertiary alicyclic amines) is 1. The third-order valence-corrected chi connectivity index (χ3v) is 4.17. The van der Waals surface area contributed by atoms with Crippen LogP contribution in [0.5, 0.6) is 0 Å². The number of hydrogen-bond acceptors (Lipinski definition) is 3. The Balaban J connectivity index is 1.81. The zero-order chi connectivity index (χ0) is 15.1. The van der Waals surface area contributed by atoms with E-state index in [1.54, 1.807) is 0 Å². The van der Waals surface area contributed by atoms with E-state index in [1.807, 2.05) is 18.2 Å². The van der Waals surface area contributed by atoms with Gasteiger partial charge in [-0.25, -0.2) is 0 Å². The maximum atomic E-state index is 9.63. The van der Waals surface area contributed by atoms with Crippen LogP contribution in [0.2, 0.25) is 0 Å². The van der Waals surface area contributed by atoms with Crippen molar-refractivity contribution in [3.05, 3.63) is 47.5 Å². The van der Waals surface area contributed by atoms with Crippen LogP contribution in [0.25, 0.3) is 0 Å². The normalized spacial score (nSPS) is 18.4. The van der Waals surface area contributed by atoms with Crippen LogP contribution < -0.4 is 5.32 Å². The summed E-state index contributed by atoms with van der Waals surface area (Å²) in [6, 6.07) is 10.8. The van der Waals surface area contributed by atoms with E-state index in [9.17, 15) is 5.11 Å². The van der Waals surface area contributed by atoms with Crippen molar-refractivity contribution in [1.29, 1.82) is 0 Å². The van der Waals surface area contributed by atoms with Gasteiger partial charge in [0.25, 0.3) is 0 Å². The highest BCUT2D eigenvalue weighted by Crippen LogP contribution is 2.17. The van der Waals surface area contributed by atoms with Crippen LogP contribution in [-0.2, 0) is 0 Å². The Labute approximate surface area is 128 Å². The van der Waals surface area contributed by atoms with Crippen LogP contribution in [0.1, 0.15) is 38.3 Å². The summed E-state index contributed by atoms with van der Waals surface area (Å²) in [6.45, 7) is 7.79. The molecule has 0 unspecified atom stereocenters. The molecule has 1 heterocycles. The molecule has 0 radical (unpaired) electrons. The van der Waals surface area contributed by atoms with Gasteiger partial charge in [0.15, 0.2) is 0 Å². The molecule has 3 heteroatoms. The zero-order valence-corrected chi connectivity index (χ0v) is 13.3. The molecule has 0 aliphatic carbocycles. The second-order valence-electron chi connectivity index (χ2n) is 6.17. The molecule has 1 fully saturated rings. The van der Waals surface area contributed by atoms with Crippen molar-refractivity contribution in [2.75, 3.05) is 26.2 Å². The van der Waals surface area contributed by atoms with Gasteiger partial charge in [0.1, 0.15) is 0 Å². The monoisotopic (exact) mass is 288 g/mol. The summed E-state index contributed by atoms with van der Waals surface area (Å²) in [5, 5.41) is 13.2. The van der Waals surface area contributed by atoms with Gasteiger partial charge in [-0.1, -0.05) is 42.0 Å². The van der Waals surface area contributed by atoms with E-state index >= 15 is 0 Å². The van der Waals surface area contributed by atoms with Gasteiger partial charge < -0.3 is 10.4 Å². The summed E-state index contributed by atoms with van der Waals surface area (Å²) in [6.07, 6.45) is 4.61. The molecule has 1 aromatic carbocycles. The third-order valence-electron chi connectivity index (χ3n) is 4.17. The topological polar surface area (TPSA) is 35.5 Å². The predicted molar refractivity (Wildman–Crippen MR) is 88.3 cm³/mol. The molecule has 0 spiro atoms. The largest absolute Gasteiger partial charge is 0.394 e. The van der Waals surface area contributed by atoms with Gasteiger partial charge in [-0.2, -0.15) is 0 Å². The van der Waals surface area contributed by atoms with E-state index in [0.29, 0.717) is 6.04 Å². The van der Waals surface area contributed by atoms with Gasteiger partial charge in [0.05, 0.1) is 12.6 Å². The van der Waals surface area contributed by atoms with E-state index in [1.165, 1.54) is 11.1 Å². The second kappa shape index (κ2) is 8.32. The van der Waals surface area contributed by atoms with Crippen LogP contribution in [0.4, 0.5) is 0 Å². The average Bonchev–Trinajstić information content (AvgIpc) is 2.52. The van der Waals surface area contributed by atoms with Gasteiger partial charge in [0.2, 0.25) is 0 Å². The molecule has 0 amide bonds. The van der Waals surface area contributed by atoms with Gasteiger partial charge >= 0.3 is 0 Å². The number of aliphatic hydroxyl groups excluding tert-OH is 1. The molecule has 2 N–H and O–H groups in total. The van der Waals surface area contributed by atoms with Crippen LogP contribution in [0.15, 0.2) is 42.0 Å². The Kier molecular flexibility index (Phi) is 6.43. The molecule has 1 aliphatic heterocycles. The van der Waals surface area contributed by atoms with Crippen LogP contribution in [0, 0.1) is 0 Å². The van der Waals surface area contributed by atoms with Crippen molar-refractivity contribution < 1.29 is 5.11 Å². The number of rotatable bonds is 6. The summed E-state index contributed by atoms with van der Waals surface area (Å²) < 4.78 is 0. The second-order valence-corrected chi connectivity index (χ2v) is 6.17. The number of piperidine rings is 1. The Morgan fingerprint density at radius 1 is 1.29 bits per heavy atom. The summed E-state index contributed by atoms with van der Waals surface area (Å²) >= 11 is 0. The minimum atomic E-state index is 0.0560. The maximum Gasteiger partial charge on any atom is 0.0626 e. The summed E-state index contributed by atoms with van der Waals surface area (Å²) in [7, 11) is 0. The summed E-state index contributed by atoms with van der Waals surface area (Å²) in [4.78, 5) is 2.50. The lowest BCUT2D eigenvalue weighted by molar-refractivity contribution is 0.181. The number of benzene rings is 1. The lowest BCUT2D eigenvalue weighted by atomic mass is 10.0. The summed E-state index contributed by atoms with van der Waals surface area (Å²) in [5.41, 5.74) is 2.56. The molecule has 21 heavy (non-hydrogen) atoms. The van der Waals surface area contributed by atoms with Gasteiger partial charge in [-0.05, 0) is 45.3 Å². The highest BCUT2D eigenvalue weighted by molar-refractivity contribution is 5.19. The summed E-state index contributed by atoms with van der Waals surface area (Å²) in [5.74, 6) is 0. The van der Waals surface area contributed by atoms with Crippen molar-refractivity contribution in [2.45, 2.75) is 38.8 Å². The van der Waals surface area contributed by atoms with Crippen LogP contribution >= 0.6 is 0 Å². The van der Waals surface area contributed by atoms with E-state index in [2.05, 4.69) is 42.3 Å². The molecule has 2 rings (SSSR count). The first-order valence-electron chi connectivity index (χ1n) is 7.96. The SMILES string of the molecule is CC(C)=CCN1CCC(N[C@@H](CO)c2ccccc2)CC1. The van der Waals surface area contributed by atoms with Crippen molar-refractivity contribution in [2.24, 2.45) is 0 Å². The standard InChI is InChI=1S/C18H28N2O/c1-15(2)8-11-20-12-9-17(10-13-20)19-18(14-21)16-6-4-3-5-7-16/h3-8,17-19,21H,9-14H2,1-2H3/t18-/m0/s1. The van der Waals surface area contributed by atoms with Crippen molar-refractivity contribution in [3.63, 3.8) is 0 Å². The highest BCUT2D eigenvalue weighted by Gasteiger charge is 2.21. The van der Waals surface area contributed by atoms with E-state index in [-0.39, 0.29) is 12.6 Å². The van der Waals surface area contributed by atoms with Crippen molar-refractivity contribution in [3.8, 4) is 0 Å². The number of nitrogens with zero attached hydrogens (tertiary/aromatic N) is 1. The zero-order valence-electron chi connectivity index (χ0n) is 13.3. The predicted octanol–water partition coefficient (Wildman–Crippen LogP) is 2.74. The number of nitrogens with one attached hydrogen (secondary N) is 1. The molecule has 0 bridgehead atoms. The maximum absolute atomic E-state index is 9.63. The minimum absolute atomic E-state index is 0.0560. The van der Waals surface area contributed by atoms with Crippen molar-refractivity contribution >= 4 is 0 Å². The smallest absolute Gasteiger partial charge is 0.0626 e. The quantitative estimate of drug-likeness (QED) is 0.790. The van der Waals surface area contributed by atoms with E-state index in [4.69, 9.17) is 0 Å². The molecule has 116 valence electrons. The fourth-order valence-corrected chi connectivity index (χ4v) is 2.82. The van der Waals surface area contributed by atoms with Gasteiger partial charge in [-0.15, -0.1) is 0 Å². The lowest BCUT2D eigenvalue weighted by Crippen LogP contribution is -2.44. The third kappa shape index (κ3) is 5.27. The Morgan fingerprint density at radius 3 is 2.52 bits per heavy atom. The average molecular weight is 288 g/mol. The molecule has 1 aromatic rings. The van der Waals surface area contributed by atoms with E-state index in [0.717, 1.165) is 32.5 Å². The first-order valence-corrected chi connectivity index (χ1v) is 7.96. The molecule has 1 atom stereocenters. The molecular weight excluding hydrogens is 260 g/mol. The molecule has 0 saturated carbocycles. The Hall–Kier alpha value is -1.16. The number of aliphatic hydroxyl groups is 1. The molecule has 3 nitrogen and oxygen atoms in total. The minimum Gasteiger partial charge on any atom is -0.394 e. The molecule has 1 aliphatic rings. The highest BCUT2D eigenvalue weighted by atomic mass is 16.3. The molecular formula is C18H28N2O. The first kappa shape index (κ1) is 16.2. The van der Waals surface area contributed by atoms with Crippen molar-refractivity contribution in [1.82, 2.24) is 10.2 Å². The Morgan fingerprint density at radius 2 is 1.95 bits per heavy atom. The lowest BCUT2D eigenvalue weighted by Gasteiger charge is -2.34. The number of allylic oxidation sites excluding steroid dienone is 1. The van der Waals surface area contributed by atoms with Crippen LogP contribution in [-0.4, -0.2) is 42.3 Å². The van der Waals surface area contributed by atoms with Crippen LogP contribution in [0.3, 0.4) is 0 Å². The van der Waals surface area contributed by atoms with Gasteiger partial charge in [0, 0.05) is 12.6 Å². The first-order chi connectivity index (χ1) is 10.2. The molecule has 0 aromatic heterocycles. The fourth-order valence-electron chi connectivity index (χ4n) is 2.82. The number of hydrogen-bond donors (Lipinski definition) is 2. The van der Waals surface area contributed by atoms with Gasteiger partial charge in [-0.3, -0.25) is 4.90 Å². The Bertz CT molecular complexity index is 432. The molecule has 1 saturated heterocycles. The van der Waals surface area contributed by atoms with E-state index < -0.39 is 0 Å².